The van der Waals surface area contributed by atoms with E-state index in [9.17, 15) is 4.79 Å². The van der Waals surface area contributed by atoms with Gasteiger partial charge in [0, 0.05) is 43.3 Å². The second-order valence-corrected chi connectivity index (χ2v) is 5.16. The van der Waals surface area contributed by atoms with Gasteiger partial charge in [-0.25, -0.2) is 0 Å². The van der Waals surface area contributed by atoms with Crippen molar-refractivity contribution in [3.05, 3.63) is 34.9 Å². The number of hydrogen-bond donors (Lipinski definition) is 0. The highest BCUT2D eigenvalue weighted by atomic mass is 35.5. The Kier molecular flexibility index (Phi) is 2.90. The van der Waals surface area contributed by atoms with E-state index >= 15 is 0 Å². The molecule has 3 fully saturated rings. The van der Waals surface area contributed by atoms with Crippen LogP contribution in [0, 0.1) is 0 Å². The van der Waals surface area contributed by atoms with E-state index in [2.05, 4.69) is 9.80 Å². The number of hydrogen-bond acceptors (Lipinski definition) is 3. The third-order valence-corrected chi connectivity index (χ3v) is 3.96. The molecule has 3 aliphatic rings. The highest BCUT2D eigenvalue weighted by Crippen LogP contribution is 2.20. The highest BCUT2D eigenvalue weighted by molar-refractivity contribution is 6.30. The summed E-state index contributed by atoms with van der Waals surface area (Å²) < 4.78 is 0. The Morgan fingerprint density at radius 3 is 2.29 bits per heavy atom. The minimum Gasteiger partial charge on any atom is -0.299 e. The fraction of sp³-hybridized carbons (Fsp3) is 0.462. The highest BCUT2D eigenvalue weighted by Gasteiger charge is 2.36. The number of nitrogens with zero attached hydrogens (tertiary/aromatic N) is 2. The van der Waals surface area contributed by atoms with Gasteiger partial charge in [-0.15, -0.1) is 0 Å². The molecule has 3 saturated heterocycles. The van der Waals surface area contributed by atoms with Gasteiger partial charge in [0.05, 0.1) is 6.04 Å². The Bertz CT molecular complexity index is 424. The molecule has 0 aromatic heterocycles. The second-order valence-electron chi connectivity index (χ2n) is 4.72. The number of carbonyl (C=O) groups excluding carboxylic acids is 1. The molecule has 0 aliphatic carbocycles. The summed E-state index contributed by atoms with van der Waals surface area (Å²) in [7, 11) is 0. The number of Topliss-reactive ketones (excluding diaryl/α,β-unsaturated/α-hetero) is 1. The van der Waals surface area contributed by atoms with E-state index in [1.54, 1.807) is 12.1 Å². The van der Waals surface area contributed by atoms with Crippen LogP contribution in [0.15, 0.2) is 24.3 Å². The van der Waals surface area contributed by atoms with Gasteiger partial charge in [-0.3, -0.25) is 14.6 Å². The second kappa shape index (κ2) is 4.41. The van der Waals surface area contributed by atoms with Crippen molar-refractivity contribution in [3.8, 4) is 0 Å². The number of ketones is 1. The number of rotatable bonds is 2. The van der Waals surface area contributed by atoms with E-state index in [1.807, 2.05) is 12.1 Å². The van der Waals surface area contributed by atoms with Crippen molar-refractivity contribution in [2.24, 2.45) is 0 Å². The van der Waals surface area contributed by atoms with Gasteiger partial charge in [-0.2, -0.15) is 0 Å². The van der Waals surface area contributed by atoms with Gasteiger partial charge < -0.3 is 0 Å². The molecule has 1 unspecified atom stereocenters. The van der Waals surface area contributed by atoms with Crippen molar-refractivity contribution in [2.75, 3.05) is 32.7 Å². The maximum atomic E-state index is 12.4. The van der Waals surface area contributed by atoms with Crippen LogP contribution in [-0.2, 0) is 0 Å². The van der Waals surface area contributed by atoms with E-state index in [4.69, 9.17) is 11.6 Å². The van der Waals surface area contributed by atoms with Gasteiger partial charge in [0.25, 0.3) is 0 Å². The normalized spacial score (nSPS) is 31.5. The first-order valence-electron chi connectivity index (χ1n) is 6.00. The van der Waals surface area contributed by atoms with Crippen molar-refractivity contribution in [2.45, 2.75) is 6.04 Å². The van der Waals surface area contributed by atoms with Gasteiger partial charge >= 0.3 is 0 Å². The third kappa shape index (κ3) is 2.10. The first-order chi connectivity index (χ1) is 8.24. The molecule has 0 N–H and O–H groups in total. The van der Waals surface area contributed by atoms with Crippen LogP contribution in [0.2, 0.25) is 5.02 Å². The molecule has 0 saturated carbocycles. The average Bonchev–Trinajstić information content (AvgIpc) is 2.40. The Labute approximate surface area is 106 Å². The van der Waals surface area contributed by atoms with E-state index in [0.29, 0.717) is 5.02 Å². The Morgan fingerprint density at radius 2 is 1.76 bits per heavy atom. The summed E-state index contributed by atoms with van der Waals surface area (Å²) in [6.07, 6.45) is 0. The summed E-state index contributed by atoms with van der Waals surface area (Å²) in [5.41, 5.74) is 0.771. The lowest BCUT2D eigenvalue weighted by Crippen LogP contribution is -2.63. The number of carbonyl (C=O) groups is 1. The summed E-state index contributed by atoms with van der Waals surface area (Å²) in [6.45, 7) is 5.12. The maximum absolute atomic E-state index is 12.4. The standard InChI is InChI=1S/C13H15ClN2O/c14-11-3-1-10(2-4-11)13(17)12-9-15-5-7-16(12)8-6-15/h1-4,12H,5-9H2. The summed E-state index contributed by atoms with van der Waals surface area (Å²) >= 11 is 5.84. The van der Waals surface area contributed by atoms with Crippen LogP contribution in [0.5, 0.6) is 0 Å². The molecule has 2 bridgehead atoms. The molecule has 4 heteroatoms. The molecule has 0 spiro atoms. The van der Waals surface area contributed by atoms with Crippen LogP contribution in [0.4, 0.5) is 0 Å². The van der Waals surface area contributed by atoms with Crippen LogP contribution < -0.4 is 0 Å². The molecule has 3 nitrogen and oxygen atoms in total. The van der Waals surface area contributed by atoms with Gasteiger partial charge in [0.2, 0.25) is 0 Å². The molecule has 1 aromatic rings. The average molecular weight is 251 g/mol. The quantitative estimate of drug-likeness (QED) is 0.744. The molecule has 90 valence electrons. The Balaban J connectivity index is 1.80. The molecule has 3 heterocycles. The van der Waals surface area contributed by atoms with Crippen molar-refractivity contribution in [3.63, 3.8) is 0 Å². The van der Waals surface area contributed by atoms with E-state index in [-0.39, 0.29) is 11.8 Å². The number of halogens is 1. The molecule has 1 atom stereocenters. The third-order valence-electron chi connectivity index (χ3n) is 3.71. The molecule has 1 aromatic carbocycles. The monoisotopic (exact) mass is 250 g/mol. The van der Waals surface area contributed by atoms with Crippen molar-refractivity contribution in [1.29, 1.82) is 0 Å². The van der Waals surface area contributed by atoms with Crippen LogP contribution in [0.25, 0.3) is 0 Å². The van der Waals surface area contributed by atoms with Crippen LogP contribution in [0.3, 0.4) is 0 Å². The summed E-state index contributed by atoms with van der Waals surface area (Å²) in [4.78, 5) is 17.1. The predicted octanol–water partition coefficient (Wildman–Crippen LogP) is 1.52. The fourth-order valence-electron chi connectivity index (χ4n) is 2.67. The lowest BCUT2D eigenvalue weighted by atomic mass is 9.98. The van der Waals surface area contributed by atoms with Crippen LogP contribution in [0.1, 0.15) is 10.4 Å². The van der Waals surface area contributed by atoms with Crippen molar-refractivity contribution < 1.29 is 4.79 Å². The van der Waals surface area contributed by atoms with Gasteiger partial charge in [-0.05, 0) is 24.3 Å². The molecular formula is C13H15ClN2O. The molecule has 0 radical (unpaired) electrons. The number of piperazine rings is 3. The van der Waals surface area contributed by atoms with E-state index in [0.717, 1.165) is 38.3 Å². The lowest BCUT2D eigenvalue weighted by molar-refractivity contribution is 0.0159. The SMILES string of the molecule is O=C(c1ccc(Cl)cc1)C1CN2CCN1CC2. The Hall–Kier alpha value is -0.900. The maximum Gasteiger partial charge on any atom is 0.181 e. The topological polar surface area (TPSA) is 23.6 Å². The van der Waals surface area contributed by atoms with E-state index in [1.165, 1.54) is 0 Å². The van der Waals surface area contributed by atoms with Crippen molar-refractivity contribution >= 4 is 17.4 Å². The summed E-state index contributed by atoms with van der Waals surface area (Å²) in [6, 6.07) is 7.25. The van der Waals surface area contributed by atoms with Crippen molar-refractivity contribution in [1.82, 2.24) is 9.80 Å². The summed E-state index contributed by atoms with van der Waals surface area (Å²) in [5, 5.41) is 0.677. The first kappa shape index (κ1) is 11.2. The molecule has 0 amide bonds. The molecule has 3 aliphatic heterocycles. The smallest absolute Gasteiger partial charge is 0.181 e. The molecule has 17 heavy (non-hydrogen) atoms. The lowest BCUT2D eigenvalue weighted by Gasteiger charge is -2.46. The molecule has 4 rings (SSSR count). The Morgan fingerprint density at radius 1 is 1.12 bits per heavy atom. The predicted molar refractivity (Wildman–Crippen MR) is 67.6 cm³/mol. The minimum absolute atomic E-state index is 0.0404. The number of benzene rings is 1. The van der Waals surface area contributed by atoms with Gasteiger partial charge in [-0.1, -0.05) is 11.6 Å². The fourth-order valence-corrected chi connectivity index (χ4v) is 2.80. The molecular weight excluding hydrogens is 236 g/mol. The minimum atomic E-state index is 0.0404. The zero-order valence-electron chi connectivity index (χ0n) is 9.60. The zero-order valence-corrected chi connectivity index (χ0v) is 10.4. The van der Waals surface area contributed by atoms with E-state index < -0.39 is 0 Å². The zero-order chi connectivity index (χ0) is 11.8. The summed E-state index contributed by atoms with van der Waals surface area (Å²) in [5.74, 6) is 0.228. The van der Waals surface area contributed by atoms with Gasteiger partial charge in [0.15, 0.2) is 5.78 Å². The van der Waals surface area contributed by atoms with Crippen LogP contribution >= 0.6 is 11.6 Å². The van der Waals surface area contributed by atoms with Gasteiger partial charge in [0.1, 0.15) is 0 Å². The van der Waals surface area contributed by atoms with Crippen LogP contribution in [-0.4, -0.2) is 54.3 Å². The number of fused-ring (bicyclic) bond motifs is 3. The largest absolute Gasteiger partial charge is 0.299 e. The first-order valence-corrected chi connectivity index (χ1v) is 6.38.